The molecule has 0 bridgehead atoms. The maximum Gasteiger partial charge on any atom is 0.416 e. The molecule has 2 aromatic rings. The SMILES string of the molecule is Cc1nc2cc(C(F)(F)F)ccc2n1C1CCN(CC(=O)N2[C@H](C)CCC[C@@H]2C)CC1. The molecule has 2 aliphatic heterocycles. The number of piperidine rings is 2. The summed E-state index contributed by atoms with van der Waals surface area (Å²) in [7, 11) is 0. The van der Waals surface area contributed by atoms with E-state index in [1.807, 2.05) is 6.92 Å². The number of halogens is 3. The molecule has 2 fully saturated rings. The summed E-state index contributed by atoms with van der Waals surface area (Å²) >= 11 is 0. The summed E-state index contributed by atoms with van der Waals surface area (Å²) in [4.78, 5) is 21.6. The van der Waals surface area contributed by atoms with E-state index in [-0.39, 0.29) is 11.9 Å². The van der Waals surface area contributed by atoms with Crippen LogP contribution in [0.25, 0.3) is 11.0 Å². The Morgan fingerprint density at radius 3 is 2.35 bits per heavy atom. The molecular formula is C23H31F3N4O. The molecule has 0 aliphatic carbocycles. The van der Waals surface area contributed by atoms with Crippen LogP contribution < -0.4 is 0 Å². The van der Waals surface area contributed by atoms with Crippen LogP contribution in [0.15, 0.2) is 18.2 Å². The molecule has 4 rings (SSSR count). The number of likely N-dealkylation sites (tertiary alicyclic amines) is 2. The van der Waals surface area contributed by atoms with Crippen LogP contribution in [-0.4, -0.2) is 57.0 Å². The summed E-state index contributed by atoms with van der Waals surface area (Å²) in [6, 6.07) is 4.58. The van der Waals surface area contributed by atoms with Gasteiger partial charge in [0.1, 0.15) is 5.82 Å². The van der Waals surface area contributed by atoms with E-state index >= 15 is 0 Å². The molecule has 3 heterocycles. The zero-order chi connectivity index (χ0) is 22.3. The average molecular weight is 437 g/mol. The molecule has 2 saturated heterocycles. The first kappa shape index (κ1) is 22.1. The summed E-state index contributed by atoms with van der Waals surface area (Å²) in [5, 5.41) is 0. The highest BCUT2D eigenvalue weighted by Crippen LogP contribution is 2.34. The lowest BCUT2D eigenvalue weighted by molar-refractivity contribution is -0.139. The molecule has 2 aliphatic rings. The van der Waals surface area contributed by atoms with Gasteiger partial charge in [-0.3, -0.25) is 9.69 Å². The predicted molar refractivity (Wildman–Crippen MR) is 114 cm³/mol. The molecule has 1 aromatic heterocycles. The van der Waals surface area contributed by atoms with Crippen molar-refractivity contribution in [2.24, 2.45) is 0 Å². The third kappa shape index (κ3) is 4.45. The predicted octanol–water partition coefficient (Wildman–Crippen LogP) is 4.79. The van der Waals surface area contributed by atoms with Crippen molar-refractivity contribution in [3.63, 3.8) is 0 Å². The van der Waals surface area contributed by atoms with Crippen LogP contribution >= 0.6 is 0 Å². The van der Waals surface area contributed by atoms with Gasteiger partial charge in [-0.05, 0) is 71.1 Å². The van der Waals surface area contributed by atoms with Crippen LogP contribution in [0.2, 0.25) is 0 Å². The number of rotatable bonds is 3. The van der Waals surface area contributed by atoms with Gasteiger partial charge in [0.15, 0.2) is 0 Å². The molecular weight excluding hydrogens is 405 g/mol. The first-order valence-electron chi connectivity index (χ1n) is 11.2. The van der Waals surface area contributed by atoms with E-state index in [2.05, 4.69) is 33.2 Å². The standard InChI is InChI=1S/C23H31F3N4O/c1-15-5-4-6-16(2)29(15)22(31)14-28-11-9-19(10-12-28)30-17(3)27-20-13-18(23(24,25)26)7-8-21(20)30/h7-8,13,15-16,19H,4-6,9-12,14H2,1-3H3/t15-,16+. The minimum atomic E-state index is -4.37. The molecule has 2 atom stereocenters. The topological polar surface area (TPSA) is 41.4 Å². The zero-order valence-electron chi connectivity index (χ0n) is 18.5. The Bertz CT molecular complexity index is 936. The number of alkyl halides is 3. The molecule has 0 saturated carbocycles. The normalized spacial score (nSPS) is 24.1. The molecule has 0 unspecified atom stereocenters. The number of aromatic nitrogens is 2. The first-order chi connectivity index (χ1) is 14.6. The first-order valence-corrected chi connectivity index (χ1v) is 11.2. The van der Waals surface area contributed by atoms with Gasteiger partial charge in [0.25, 0.3) is 0 Å². The quantitative estimate of drug-likeness (QED) is 0.695. The van der Waals surface area contributed by atoms with Crippen LogP contribution in [0.3, 0.4) is 0 Å². The summed E-state index contributed by atoms with van der Waals surface area (Å²) in [6.07, 6.45) is 0.660. The van der Waals surface area contributed by atoms with Gasteiger partial charge in [-0.15, -0.1) is 0 Å². The Kier molecular flexibility index (Phi) is 6.03. The van der Waals surface area contributed by atoms with E-state index in [4.69, 9.17) is 0 Å². The Labute approximate surface area is 181 Å². The molecule has 1 aromatic carbocycles. The second-order valence-electron chi connectivity index (χ2n) is 9.17. The Morgan fingerprint density at radius 2 is 1.74 bits per heavy atom. The number of carbonyl (C=O) groups excluding carboxylic acids is 1. The number of hydrogen-bond donors (Lipinski definition) is 0. The fourth-order valence-corrected chi connectivity index (χ4v) is 5.38. The monoisotopic (exact) mass is 436 g/mol. The third-order valence-electron chi connectivity index (χ3n) is 6.96. The molecule has 0 spiro atoms. The van der Waals surface area contributed by atoms with Gasteiger partial charge in [0.05, 0.1) is 23.1 Å². The number of nitrogens with zero attached hydrogens (tertiary/aromatic N) is 4. The average Bonchev–Trinajstić information content (AvgIpc) is 3.03. The number of benzene rings is 1. The summed E-state index contributed by atoms with van der Waals surface area (Å²) in [5.74, 6) is 0.946. The number of imidazole rings is 1. The molecule has 170 valence electrons. The minimum absolute atomic E-state index is 0.181. The maximum absolute atomic E-state index is 13.0. The van der Waals surface area contributed by atoms with E-state index in [0.717, 1.165) is 62.2 Å². The lowest BCUT2D eigenvalue weighted by Gasteiger charge is -2.41. The molecule has 5 nitrogen and oxygen atoms in total. The van der Waals surface area contributed by atoms with E-state index in [0.29, 0.717) is 24.1 Å². The van der Waals surface area contributed by atoms with E-state index < -0.39 is 11.7 Å². The fourth-order valence-electron chi connectivity index (χ4n) is 5.38. The van der Waals surface area contributed by atoms with Crippen molar-refractivity contribution in [2.45, 2.75) is 77.2 Å². The highest BCUT2D eigenvalue weighted by molar-refractivity contribution is 5.79. The molecule has 31 heavy (non-hydrogen) atoms. The van der Waals surface area contributed by atoms with Crippen molar-refractivity contribution in [3.8, 4) is 0 Å². The highest BCUT2D eigenvalue weighted by atomic mass is 19.4. The van der Waals surface area contributed by atoms with Gasteiger partial charge in [0.2, 0.25) is 5.91 Å². The Balaban J connectivity index is 1.42. The van der Waals surface area contributed by atoms with Crippen LogP contribution in [-0.2, 0) is 11.0 Å². The fraction of sp³-hybridized carbons (Fsp3) is 0.652. The van der Waals surface area contributed by atoms with Crippen LogP contribution in [0.1, 0.15) is 63.4 Å². The van der Waals surface area contributed by atoms with Gasteiger partial charge in [-0.25, -0.2) is 4.98 Å². The molecule has 1 amide bonds. The highest BCUT2D eigenvalue weighted by Gasteiger charge is 2.33. The van der Waals surface area contributed by atoms with Crippen molar-refractivity contribution in [2.75, 3.05) is 19.6 Å². The number of fused-ring (bicyclic) bond motifs is 1. The van der Waals surface area contributed by atoms with E-state index in [1.165, 1.54) is 12.5 Å². The minimum Gasteiger partial charge on any atom is -0.336 e. The molecule has 8 heteroatoms. The van der Waals surface area contributed by atoms with Gasteiger partial charge in [0, 0.05) is 31.2 Å². The number of amides is 1. The number of hydrogen-bond acceptors (Lipinski definition) is 3. The summed E-state index contributed by atoms with van der Waals surface area (Å²) < 4.78 is 41.2. The molecule has 0 radical (unpaired) electrons. The lowest BCUT2D eigenvalue weighted by atomic mass is 9.97. The van der Waals surface area contributed by atoms with E-state index in [9.17, 15) is 18.0 Å². The van der Waals surface area contributed by atoms with Crippen LogP contribution in [0, 0.1) is 6.92 Å². The number of carbonyl (C=O) groups is 1. The summed E-state index contributed by atoms with van der Waals surface area (Å²) in [5.41, 5.74) is 0.466. The van der Waals surface area contributed by atoms with Crippen molar-refractivity contribution < 1.29 is 18.0 Å². The van der Waals surface area contributed by atoms with Crippen molar-refractivity contribution >= 4 is 16.9 Å². The lowest BCUT2D eigenvalue weighted by Crippen LogP contribution is -2.51. The van der Waals surface area contributed by atoms with Crippen molar-refractivity contribution in [1.29, 1.82) is 0 Å². The van der Waals surface area contributed by atoms with Crippen LogP contribution in [0.5, 0.6) is 0 Å². The van der Waals surface area contributed by atoms with Gasteiger partial charge < -0.3 is 9.47 Å². The molecule has 0 N–H and O–H groups in total. The largest absolute Gasteiger partial charge is 0.416 e. The van der Waals surface area contributed by atoms with Gasteiger partial charge in [-0.2, -0.15) is 13.2 Å². The van der Waals surface area contributed by atoms with Crippen molar-refractivity contribution in [1.82, 2.24) is 19.4 Å². The van der Waals surface area contributed by atoms with Crippen LogP contribution in [0.4, 0.5) is 13.2 Å². The van der Waals surface area contributed by atoms with Gasteiger partial charge >= 0.3 is 6.18 Å². The Hall–Kier alpha value is -2.09. The smallest absolute Gasteiger partial charge is 0.336 e. The maximum atomic E-state index is 13.0. The third-order valence-corrected chi connectivity index (χ3v) is 6.96. The van der Waals surface area contributed by atoms with Crippen molar-refractivity contribution in [3.05, 3.63) is 29.6 Å². The van der Waals surface area contributed by atoms with Gasteiger partial charge in [-0.1, -0.05) is 0 Å². The second-order valence-corrected chi connectivity index (χ2v) is 9.17. The second kappa shape index (κ2) is 8.45. The zero-order valence-corrected chi connectivity index (χ0v) is 18.5. The Morgan fingerprint density at radius 1 is 1.10 bits per heavy atom. The summed E-state index contributed by atoms with van der Waals surface area (Å²) in [6.45, 7) is 8.16. The van der Waals surface area contributed by atoms with E-state index in [1.54, 1.807) is 0 Å². The number of aryl methyl sites for hydroxylation is 1.